The predicted octanol–water partition coefficient (Wildman–Crippen LogP) is 8.88. The van der Waals surface area contributed by atoms with Gasteiger partial charge in [0, 0.05) is 11.4 Å². The van der Waals surface area contributed by atoms with E-state index in [1.807, 2.05) is 0 Å². The number of allylic oxidation sites excluding steroid dienone is 4. The maximum Gasteiger partial charge on any atom is 0.0441 e. The van der Waals surface area contributed by atoms with Crippen LogP contribution in [0.2, 0.25) is 0 Å². The van der Waals surface area contributed by atoms with E-state index >= 15 is 0 Å². The molecule has 5 aromatic rings. The summed E-state index contributed by atoms with van der Waals surface area (Å²) in [7, 11) is 0. The molecule has 6 rings (SSSR count). The van der Waals surface area contributed by atoms with Crippen molar-refractivity contribution in [2.45, 2.75) is 33.1 Å². The van der Waals surface area contributed by atoms with Gasteiger partial charge in [-0.2, -0.15) is 0 Å². The van der Waals surface area contributed by atoms with E-state index in [1.165, 1.54) is 60.3 Å². The summed E-state index contributed by atoms with van der Waals surface area (Å²) in [5, 5.41) is 8.02. The number of benzene rings is 5. The quantitative estimate of drug-likeness (QED) is 0.201. The van der Waals surface area contributed by atoms with Gasteiger partial charge in [-0.15, -0.1) is 0 Å². The van der Waals surface area contributed by atoms with Gasteiger partial charge in [-0.25, -0.2) is 0 Å². The number of hydrogen-bond acceptors (Lipinski definition) is 1. The minimum absolute atomic E-state index is 0.932. The topological polar surface area (TPSA) is 12.4 Å². The molecule has 160 valence electrons. The fourth-order valence-electron chi connectivity index (χ4n) is 5.27. The summed E-state index contributed by atoms with van der Waals surface area (Å²) >= 11 is 0. The number of nitrogens with zero attached hydrogens (tertiary/aromatic N) is 1. The molecule has 0 unspecified atom stereocenters. The van der Waals surface area contributed by atoms with Gasteiger partial charge in [0.25, 0.3) is 0 Å². The number of rotatable bonds is 4. The maximum absolute atomic E-state index is 4.80. The molecule has 0 bridgehead atoms. The fraction of sp³-hybridized carbons (Fsp3) is 0.156. The van der Waals surface area contributed by atoms with Crippen LogP contribution in [0.3, 0.4) is 0 Å². The second kappa shape index (κ2) is 8.01. The summed E-state index contributed by atoms with van der Waals surface area (Å²) < 4.78 is 0. The van der Waals surface area contributed by atoms with Gasteiger partial charge >= 0.3 is 0 Å². The van der Waals surface area contributed by atoms with Gasteiger partial charge in [0.15, 0.2) is 0 Å². The molecule has 0 amide bonds. The Balaban J connectivity index is 1.41. The molecule has 1 heteroatoms. The lowest BCUT2D eigenvalue weighted by atomic mass is 9.89. The molecule has 0 atom stereocenters. The molecule has 0 saturated heterocycles. The monoisotopic (exact) mass is 425 g/mol. The second-order valence-electron chi connectivity index (χ2n) is 9.31. The predicted molar refractivity (Wildman–Crippen MR) is 143 cm³/mol. The van der Waals surface area contributed by atoms with Gasteiger partial charge < -0.3 is 0 Å². The first-order valence-electron chi connectivity index (χ1n) is 11.8. The molecule has 0 radical (unpaired) electrons. The summed E-state index contributed by atoms with van der Waals surface area (Å²) in [6.45, 7) is 4.16. The van der Waals surface area contributed by atoms with Gasteiger partial charge in [-0.05, 0) is 87.7 Å². The summed E-state index contributed by atoms with van der Waals surface area (Å²) in [6, 6.07) is 29.3. The lowest BCUT2D eigenvalue weighted by molar-refractivity contribution is 0.903. The van der Waals surface area contributed by atoms with Crippen molar-refractivity contribution < 1.29 is 0 Å². The van der Waals surface area contributed by atoms with Crippen molar-refractivity contribution in [2.75, 3.05) is 0 Å². The van der Waals surface area contributed by atoms with E-state index < -0.39 is 0 Å². The van der Waals surface area contributed by atoms with Crippen LogP contribution in [0.25, 0.3) is 43.4 Å². The van der Waals surface area contributed by atoms with Gasteiger partial charge in [-0.3, -0.25) is 4.99 Å². The van der Waals surface area contributed by atoms with Crippen molar-refractivity contribution in [3.05, 3.63) is 108 Å². The molecule has 5 aromatic carbocycles. The van der Waals surface area contributed by atoms with E-state index in [2.05, 4.69) is 105 Å². The van der Waals surface area contributed by atoms with E-state index in [9.17, 15) is 0 Å². The molecule has 1 aliphatic carbocycles. The van der Waals surface area contributed by atoms with Crippen LogP contribution < -0.4 is 0 Å². The van der Waals surface area contributed by atoms with E-state index in [-0.39, 0.29) is 0 Å². The van der Waals surface area contributed by atoms with Crippen LogP contribution in [0.1, 0.15) is 32.3 Å². The van der Waals surface area contributed by atoms with Crippen molar-refractivity contribution in [2.24, 2.45) is 4.99 Å². The molecule has 33 heavy (non-hydrogen) atoms. The highest BCUT2D eigenvalue weighted by atomic mass is 14.8. The van der Waals surface area contributed by atoms with E-state index in [4.69, 9.17) is 4.99 Å². The maximum atomic E-state index is 4.80. The lowest BCUT2D eigenvalue weighted by Crippen LogP contribution is -1.99. The van der Waals surface area contributed by atoms with Crippen LogP contribution in [0.4, 0.5) is 0 Å². The highest BCUT2D eigenvalue weighted by molar-refractivity contribution is 6.25. The van der Waals surface area contributed by atoms with Crippen LogP contribution in [0, 0.1) is 0 Å². The highest BCUT2D eigenvalue weighted by Gasteiger charge is 2.13. The van der Waals surface area contributed by atoms with Gasteiger partial charge in [0.1, 0.15) is 0 Å². The average molecular weight is 426 g/mol. The Morgan fingerprint density at radius 2 is 1.45 bits per heavy atom. The van der Waals surface area contributed by atoms with E-state index in [0.29, 0.717) is 0 Å². The number of aliphatic imine (C=N–C) groups is 1. The summed E-state index contributed by atoms with van der Waals surface area (Å²) in [5.74, 6) is 0. The van der Waals surface area contributed by atoms with Crippen molar-refractivity contribution in [1.82, 2.24) is 0 Å². The van der Waals surface area contributed by atoms with Crippen LogP contribution in [0.15, 0.2) is 107 Å². The minimum atomic E-state index is 0.932. The third kappa shape index (κ3) is 3.54. The molecular formula is C32H27N. The SMILES string of the molecule is CC(C)=NC1=C(Cc2ccc(-c3ccc4ccc5cccc6ccc3c4c56)cc2)C=CCC1. The van der Waals surface area contributed by atoms with Crippen LogP contribution in [-0.2, 0) is 6.42 Å². The Hall–Kier alpha value is -3.71. The Kier molecular flexibility index (Phi) is 4.84. The van der Waals surface area contributed by atoms with Crippen LogP contribution >= 0.6 is 0 Å². The van der Waals surface area contributed by atoms with Gasteiger partial charge in [0.2, 0.25) is 0 Å². The van der Waals surface area contributed by atoms with Crippen molar-refractivity contribution in [3.8, 4) is 11.1 Å². The molecule has 0 heterocycles. The number of hydrogen-bond donors (Lipinski definition) is 0. The van der Waals surface area contributed by atoms with E-state index in [0.717, 1.165) is 25.0 Å². The standard InChI is InChI=1S/C32H27N/c1-21(2)33-30-9-4-3-6-27(30)20-22-10-12-23(13-11-22)28-18-16-26-15-14-24-7-5-8-25-17-19-29(28)32(26)31(24)25/h3,5-8,10-19H,4,9,20H2,1-2H3. The van der Waals surface area contributed by atoms with Crippen molar-refractivity contribution in [1.29, 1.82) is 0 Å². The summed E-state index contributed by atoms with van der Waals surface area (Å²) in [4.78, 5) is 4.80. The molecule has 0 aromatic heterocycles. The smallest absolute Gasteiger partial charge is 0.0441 e. The van der Waals surface area contributed by atoms with Crippen molar-refractivity contribution in [3.63, 3.8) is 0 Å². The van der Waals surface area contributed by atoms with Crippen LogP contribution in [0.5, 0.6) is 0 Å². The third-order valence-corrected chi connectivity index (χ3v) is 6.78. The molecule has 0 spiro atoms. The molecule has 0 aliphatic heterocycles. The largest absolute Gasteiger partial charge is 0.263 e. The molecule has 1 nitrogen and oxygen atoms in total. The zero-order chi connectivity index (χ0) is 22.4. The summed E-state index contributed by atoms with van der Waals surface area (Å²) in [6.07, 6.45) is 7.60. The van der Waals surface area contributed by atoms with Crippen molar-refractivity contribution >= 4 is 38.0 Å². The first-order chi connectivity index (χ1) is 16.2. The van der Waals surface area contributed by atoms with E-state index in [1.54, 1.807) is 0 Å². The lowest BCUT2D eigenvalue weighted by Gasteiger charge is -2.15. The molecule has 1 aliphatic rings. The Morgan fingerprint density at radius 1 is 0.758 bits per heavy atom. The van der Waals surface area contributed by atoms with Crippen LogP contribution in [-0.4, -0.2) is 5.71 Å². The Morgan fingerprint density at radius 3 is 2.21 bits per heavy atom. The Bertz CT molecular complexity index is 1560. The average Bonchev–Trinajstić information content (AvgIpc) is 2.84. The third-order valence-electron chi connectivity index (χ3n) is 6.78. The zero-order valence-electron chi connectivity index (χ0n) is 19.2. The van der Waals surface area contributed by atoms with Gasteiger partial charge in [0.05, 0.1) is 0 Å². The van der Waals surface area contributed by atoms with Gasteiger partial charge in [-0.1, -0.05) is 91.0 Å². The molecule has 0 N–H and O–H groups in total. The minimum Gasteiger partial charge on any atom is -0.263 e. The summed E-state index contributed by atoms with van der Waals surface area (Å²) in [5.41, 5.74) is 7.62. The zero-order valence-corrected chi connectivity index (χ0v) is 19.2. The highest BCUT2D eigenvalue weighted by Crippen LogP contribution is 2.39. The second-order valence-corrected chi connectivity index (χ2v) is 9.31. The normalized spacial score (nSPS) is 14.0. The molecule has 0 fully saturated rings. The Labute approximate surface area is 195 Å². The molecular weight excluding hydrogens is 398 g/mol. The fourth-order valence-corrected chi connectivity index (χ4v) is 5.27. The first kappa shape index (κ1) is 19.9. The first-order valence-corrected chi connectivity index (χ1v) is 11.8. The molecule has 0 saturated carbocycles.